The van der Waals surface area contributed by atoms with Crippen LogP contribution in [-0.4, -0.2) is 29.4 Å². The molecule has 0 fully saturated rings. The Bertz CT molecular complexity index is 734. The van der Waals surface area contributed by atoms with E-state index < -0.39 is 6.10 Å². The normalized spacial score (nSPS) is 12.3. The highest BCUT2D eigenvalue weighted by Gasteiger charge is 2.07. The van der Waals surface area contributed by atoms with E-state index in [0.29, 0.717) is 13.1 Å². The first-order valence-electron chi connectivity index (χ1n) is 7.36. The fourth-order valence-corrected chi connectivity index (χ4v) is 2.54. The summed E-state index contributed by atoms with van der Waals surface area (Å²) >= 11 is 0. The number of aliphatic hydroxyl groups is 1. The van der Waals surface area contributed by atoms with Crippen LogP contribution in [0.5, 0.6) is 5.75 Å². The van der Waals surface area contributed by atoms with Gasteiger partial charge < -0.3 is 19.7 Å². The van der Waals surface area contributed by atoms with Gasteiger partial charge in [-0.1, -0.05) is 18.2 Å². The third-order valence-electron chi connectivity index (χ3n) is 3.72. The van der Waals surface area contributed by atoms with Crippen LogP contribution < -0.4 is 10.1 Å². The zero-order valence-electron chi connectivity index (χ0n) is 12.6. The van der Waals surface area contributed by atoms with Crippen molar-refractivity contribution in [2.75, 3.05) is 19.0 Å². The number of para-hydroxylation sites is 1. The molecule has 1 atom stereocenters. The number of hydrogen-bond donors (Lipinski definition) is 2. The zero-order chi connectivity index (χ0) is 15.4. The van der Waals surface area contributed by atoms with Crippen LogP contribution in [0, 0.1) is 0 Å². The molecule has 4 nitrogen and oxygen atoms in total. The summed E-state index contributed by atoms with van der Waals surface area (Å²) in [5, 5.41) is 14.7. The number of hydrogen-bond acceptors (Lipinski definition) is 3. The highest BCUT2D eigenvalue weighted by Crippen LogP contribution is 2.17. The predicted octanol–water partition coefficient (Wildman–Crippen LogP) is 3.12. The first-order valence-corrected chi connectivity index (χ1v) is 7.36. The number of ether oxygens (including phenoxy) is 1. The van der Waals surface area contributed by atoms with Gasteiger partial charge in [-0.05, 0) is 41.8 Å². The summed E-state index contributed by atoms with van der Waals surface area (Å²) in [4.78, 5) is 0. The second-order valence-electron chi connectivity index (χ2n) is 5.29. The van der Waals surface area contributed by atoms with E-state index in [2.05, 4.69) is 28.1 Å². The Kier molecular flexibility index (Phi) is 4.30. The van der Waals surface area contributed by atoms with E-state index in [9.17, 15) is 5.11 Å². The summed E-state index contributed by atoms with van der Waals surface area (Å²) in [6.45, 7) is 1.06. The van der Waals surface area contributed by atoms with Crippen molar-refractivity contribution in [1.29, 1.82) is 0 Å². The third kappa shape index (κ3) is 3.23. The number of fused-ring (bicyclic) bond motifs is 1. The van der Waals surface area contributed by atoms with Crippen LogP contribution in [0.1, 0.15) is 0 Å². The van der Waals surface area contributed by atoms with E-state index in [1.165, 1.54) is 5.39 Å². The fourth-order valence-electron chi connectivity index (χ4n) is 2.54. The molecule has 1 heterocycles. The SMILES string of the molecule is COc1ccc(NCC(O)Cn2ccc3ccccc32)cc1. The number of rotatable bonds is 6. The molecular weight excluding hydrogens is 276 g/mol. The predicted molar refractivity (Wildman–Crippen MR) is 89.4 cm³/mol. The van der Waals surface area contributed by atoms with E-state index >= 15 is 0 Å². The molecule has 0 saturated heterocycles. The Balaban J connectivity index is 1.59. The minimum atomic E-state index is -0.460. The first kappa shape index (κ1) is 14.5. The molecule has 0 spiro atoms. The van der Waals surface area contributed by atoms with E-state index in [4.69, 9.17) is 4.74 Å². The first-order chi connectivity index (χ1) is 10.8. The van der Waals surface area contributed by atoms with E-state index in [0.717, 1.165) is 17.0 Å². The number of aromatic nitrogens is 1. The van der Waals surface area contributed by atoms with Gasteiger partial charge in [0.05, 0.1) is 19.8 Å². The minimum Gasteiger partial charge on any atom is -0.497 e. The lowest BCUT2D eigenvalue weighted by molar-refractivity contribution is 0.168. The Morgan fingerprint density at radius 2 is 1.86 bits per heavy atom. The van der Waals surface area contributed by atoms with Crippen molar-refractivity contribution in [1.82, 2.24) is 4.57 Å². The van der Waals surface area contributed by atoms with Gasteiger partial charge in [-0.15, -0.1) is 0 Å². The largest absolute Gasteiger partial charge is 0.497 e. The second kappa shape index (κ2) is 6.54. The molecule has 2 N–H and O–H groups in total. The fraction of sp³-hybridized carbons (Fsp3) is 0.222. The van der Waals surface area contributed by atoms with Crippen molar-refractivity contribution in [3.63, 3.8) is 0 Å². The van der Waals surface area contributed by atoms with Gasteiger partial charge in [-0.25, -0.2) is 0 Å². The summed E-state index contributed by atoms with van der Waals surface area (Å²) in [6, 6.07) is 17.9. The molecule has 0 bridgehead atoms. The van der Waals surface area contributed by atoms with Crippen molar-refractivity contribution in [2.45, 2.75) is 12.6 Å². The van der Waals surface area contributed by atoms with Crippen LogP contribution in [0.3, 0.4) is 0 Å². The molecule has 114 valence electrons. The van der Waals surface area contributed by atoms with Crippen molar-refractivity contribution in [2.24, 2.45) is 0 Å². The standard InChI is InChI=1S/C18H20N2O2/c1-22-17-8-6-15(7-9-17)19-12-16(21)13-20-11-10-14-4-2-3-5-18(14)20/h2-11,16,19,21H,12-13H2,1H3. The number of methoxy groups -OCH3 is 1. The Morgan fingerprint density at radius 1 is 1.09 bits per heavy atom. The van der Waals surface area contributed by atoms with Crippen molar-refractivity contribution >= 4 is 16.6 Å². The molecule has 0 aliphatic carbocycles. The number of anilines is 1. The van der Waals surface area contributed by atoms with E-state index in [-0.39, 0.29) is 0 Å². The number of benzene rings is 2. The van der Waals surface area contributed by atoms with Crippen molar-refractivity contribution < 1.29 is 9.84 Å². The van der Waals surface area contributed by atoms with Gasteiger partial charge in [0.25, 0.3) is 0 Å². The molecule has 0 aliphatic rings. The summed E-state index contributed by atoms with van der Waals surface area (Å²) in [5.74, 6) is 0.824. The average Bonchev–Trinajstić information content (AvgIpc) is 2.97. The molecule has 1 aromatic heterocycles. The maximum atomic E-state index is 10.2. The van der Waals surface area contributed by atoms with Crippen molar-refractivity contribution in [3.8, 4) is 5.75 Å². The molecule has 2 aromatic carbocycles. The summed E-state index contributed by atoms with van der Waals surface area (Å²) < 4.78 is 7.20. The van der Waals surface area contributed by atoms with Gasteiger partial charge in [0, 0.05) is 23.9 Å². The molecular formula is C18H20N2O2. The van der Waals surface area contributed by atoms with Crippen molar-refractivity contribution in [3.05, 3.63) is 60.8 Å². The Hall–Kier alpha value is -2.46. The molecule has 22 heavy (non-hydrogen) atoms. The summed E-state index contributed by atoms with van der Waals surface area (Å²) in [6.07, 6.45) is 1.55. The molecule has 4 heteroatoms. The maximum absolute atomic E-state index is 10.2. The van der Waals surface area contributed by atoms with Gasteiger partial charge in [0.1, 0.15) is 5.75 Å². The molecule has 1 unspecified atom stereocenters. The second-order valence-corrected chi connectivity index (χ2v) is 5.29. The van der Waals surface area contributed by atoms with Crippen LogP contribution in [0.25, 0.3) is 10.9 Å². The number of aliphatic hydroxyl groups excluding tert-OH is 1. The average molecular weight is 296 g/mol. The van der Waals surface area contributed by atoms with Crippen LogP contribution in [0.15, 0.2) is 60.8 Å². The van der Waals surface area contributed by atoms with Gasteiger partial charge in [-0.2, -0.15) is 0 Å². The van der Waals surface area contributed by atoms with Crippen LogP contribution in [0.4, 0.5) is 5.69 Å². The Labute approximate surface area is 130 Å². The lowest BCUT2D eigenvalue weighted by atomic mass is 10.2. The highest BCUT2D eigenvalue weighted by atomic mass is 16.5. The van der Waals surface area contributed by atoms with Gasteiger partial charge in [0.2, 0.25) is 0 Å². The molecule has 3 aromatic rings. The minimum absolute atomic E-state index is 0.460. The van der Waals surface area contributed by atoms with Crippen LogP contribution >= 0.6 is 0 Å². The van der Waals surface area contributed by atoms with Gasteiger partial charge in [0.15, 0.2) is 0 Å². The maximum Gasteiger partial charge on any atom is 0.119 e. The van der Waals surface area contributed by atoms with E-state index in [1.54, 1.807) is 7.11 Å². The molecule has 0 radical (unpaired) electrons. The topological polar surface area (TPSA) is 46.4 Å². The third-order valence-corrected chi connectivity index (χ3v) is 3.72. The molecule has 0 saturated carbocycles. The van der Waals surface area contributed by atoms with Crippen LogP contribution in [-0.2, 0) is 6.54 Å². The molecule has 0 aliphatic heterocycles. The monoisotopic (exact) mass is 296 g/mol. The van der Waals surface area contributed by atoms with Gasteiger partial charge in [-0.3, -0.25) is 0 Å². The summed E-state index contributed by atoms with van der Waals surface area (Å²) in [7, 11) is 1.65. The molecule has 3 rings (SSSR count). The Morgan fingerprint density at radius 3 is 2.64 bits per heavy atom. The molecule has 0 amide bonds. The summed E-state index contributed by atoms with van der Waals surface area (Å²) in [5.41, 5.74) is 2.11. The van der Waals surface area contributed by atoms with E-state index in [1.807, 2.05) is 42.6 Å². The lowest BCUT2D eigenvalue weighted by Gasteiger charge is -2.14. The number of nitrogens with one attached hydrogen (secondary N) is 1. The number of nitrogens with zero attached hydrogens (tertiary/aromatic N) is 1. The van der Waals surface area contributed by atoms with Crippen LogP contribution in [0.2, 0.25) is 0 Å². The smallest absolute Gasteiger partial charge is 0.119 e. The zero-order valence-corrected chi connectivity index (χ0v) is 12.6. The quantitative estimate of drug-likeness (QED) is 0.734. The lowest BCUT2D eigenvalue weighted by Crippen LogP contribution is -2.24. The highest BCUT2D eigenvalue weighted by molar-refractivity contribution is 5.79. The van der Waals surface area contributed by atoms with Gasteiger partial charge >= 0.3 is 0 Å².